The van der Waals surface area contributed by atoms with E-state index in [1.807, 2.05) is 30.5 Å². The summed E-state index contributed by atoms with van der Waals surface area (Å²) in [6, 6.07) is 8.08. The molecule has 2 heterocycles. The van der Waals surface area contributed by atoms with E-state index in [9.17, 15) is 0 Å². The number of hydrogen-bond acceptors (Lipinski definition) is 2. The molecule has 0 radical (unpaired) electrons. The van der Waals surface area contributed by atoms with E-state index in [1.165, 1.54) is 5.56 Å². The predicted molar refractivity (Wildman–Crippen MR) is 70.1 cm³/mol. The Labute approximate surface area is 104 Å². The maximum absolute atomic E-state index is 4.35. The Morgan fingerprint density at radius 1 is 1.13 bits per heavy atom. The van der Waals surface area contributed by atoms with Crippen molar-refractivity contribution < 1.29 is 0 Å². The fourth-order valence-electron chi connectivity index (χ4n) is 1.78. The van der Waals surface area contributed by atoms with Crippen LogP contribution in [-0.4, -0.2) is 4.98 Å². The van der Waals surface area contributed by atoms with E-state index in [1.54, 1.807) is 0 Å². The molecule has 2 aromatic rings. The lowest BCUT2D eigenvalue weighted by Crippen LogP contribution is -2.03. The number of hydrogen-bond donors (Lipinski definition) is 1. The van der Waals surface area contributed by atoms with E-state index < -0.39 is 0 Å². The smallest absolute Gasteiger partial charge is 0.0974 e. The second-order valence-corrected chi connectivity index (χ2v) is 4.90. The van der Waals surface area contributed by atoms with Crippen molar-refractivity contribution in [2.24, 2.45) is 0 Å². The second kappa shape index (κ2) is 3.32. The first-order valence-electron chi connectivity index (χ1n) is 4.48. The lowest BCUT2D eigenvalue weighted by Gasteiger charge is -2.18. The van der Waals surface area contributed by atoms with Gasteiger partial charge in [-0.15, -0.1) is 0 Å². The molecule has 0 atom stereocenters. The molecule has 1 aromatic heterocycles. The van der Waals surface area contributed by atoms with Gasteiger partial charge >= 0.3 is 0 Å². The van der Waals surface area contributed by atoms with Gasteiger partial charge in [-0.25, -0.2) is 0 Å². The van der Waals surface area contributed by atoms with Gasteiger partial charge in [-0.3, -0.25) is 4.98 Å². The van der Waals surface area contributed by atoms with Crippen LogP contribution in [0.1, 0.15) is 5.56 Å². The van der Waals surface area contributed by atoms with Crippen molar-refractivity contribution in [1.29, 1.82) is 0 Å². The third-order valence-corrected chi connectivity index (χ3v) is 4.39. The first-order chi connectivity index (χ1) is 7.27. The van der Waals surface area contributed by atoms with E-state index in [0.717, 1.165) is 25.7 Å². The topological polar surface area (TPSA) is 24.9 Å². The van der Waals surface area contributed by atoms with Crippen LogP contribution in [0.15, 0.2) is 35.1 Å². The first-order valence-corrected chi connectivity index (χ1v) is 6.06. The summed E-state index contributed by atoms with van der Waals surface area (Å²) < 4.78 is 1.99. The highest BCUT2D eigenvalue weighted by atomic mass is 79.9. The molecule has 0 saturated heterocycles. The molecule has 1 aliphatic rings. The van der Waals surface area contributed by atoms with Crippen molar-refractivity contribution in [3.05, 3.63) is 40.6 Å². The molecular formula is C11H6Br2N2. The largest absolute Gasteiger partial charge is 0.348 e. The van der Waals surface area contributed by atoms with Crippen molar-refractivity contribution in [1.82, 2.24) is 4.98 Å². The van der Waals surface area contributed by atoms with Gasteiger partial charge in [-0.1, -0.05) is 6.07 Å². The van der Waals surface area contributed by atoms with E-state index in [0.29, 0.717) is 0 Å². The van der Waals surface area contributed by atoms with E-state index in [4.69, 9.17) is 0 Å². The summed E-state index contributed by atoms with van der Waals surface area (Å²) in [7, 11) is 0. The highest BCUT2D eigenvalue weighted by molar-refractivity contribution is 9.16. The maximum atomic E-state index is 4.35. The Morgan fingerprint density at radius 3 is 2.87 bits per heavy atom. The van der Waals surface area contributed by atoms with Gasteiger partial charge in [-0.05, 0) is 50.1 Å². The van der Waals surface area contributed by atoms with Gasteiger partial charge in [0.15, 0.2) is 0 Å². The molecular weight excluding hydrogens is 320 g/mol. The van der Waals surface area contributed by atoms with Crippen LogP contribution in [0, 0.1) is 0 Å². The predicted octanol–water partition coefficient (Wildman–Crippen LogP) is 4.08. The van der Waals surface area contributed by atoms with Gasteiger partial charge in [0.05, 0.1) is 14.6 Å². The maximum Gasteiger partial charge on any atom is 0.0974 e. The number of nitrogens with zero attached hydrogens (tertiary/aromatic N) is 1. The minimum absolute atomic E-state index is 0.953. The van der Waals surface area contributed by atoms with Crippen LogP contribution >= 0.6 is 31.9 Å². The third-order valence-electron chi connectivity index (χ3n) is 2.44. The minimum atomic E-state index is 0.953. The highest BCUT2D eigenvalue weighted by Crippen LogP contribution is 2.40. The molecule has 0 saturated carbocycles. The Balaban J connectivity index is 2.50. The number of rotatable bonds is 0. The monoisotopic (exact) mass is 324 g/mol. The Morgan fingerprint density at radius 2 is 2.00 bits per heavy atom. The lowest BCUT2D eigenvalue weighted by molar-refractivity contribution is 1.39. The summed E-state index contributed by atoms with van der Waals surface area (Å²) in [5.74, 6) is 0. The summed E-state index contributed by atoms with van der Waals surface area (Å²) in [5.41, 5.74) is 3.27. The summed E-state index contributed by atoms with van der Waals surface area (Å²) in [6.45, 7) is 0. The summed E-state index contributed by atoms with van der Waals surface area (Å²) in [5, 5.41) is 4.45. The molecule has 0 fully saturated rings. The van der Waals surface area contributed by atoms with Gasteiger partial charge in [-0.2, -0.15) is 0 Å². The van der Waals surface area contributed by atoms with Gasteiger partial charge in [0.1, 0.15) is 0 Å². The standard InChI is InChI=1S/C11H6Br2N2/c12-10-6-4-5-14-7-2-1-3-8(9(6)7)15-11(10)13/h1-5,15H. The molecule has 2 nitrogen and oxygen atoms in total. The first kappa shape index (κ1) is 9.36. The SMILES string of the molecule is BrC1=C(Br)c2ccnc3cccc(c23)N1. The molecule has 0 bridgehead atoms. The van der Waals surface area contributed by atoms with Gasteiger partial charge in [0.2, 0.25) is 0 Å². The fraction of sp³-hybridized carbons (Fsp3) is 0. The number of pyridine rings is 1. The fourth-order valence-corrected chi connectivity index (χ4v) is 2.64. The number of halogens is 2. The van der Waals surface area contributed by atoms with Crippen LogP contribution in [0.2, 0.25) is 0 Å². The average Bonchev–Trinajstić information content (AvgIpc) is 2.26. The summed E-state index contributed by atoms with van der Waals surface area (Å²) in [4.78, 5) is 4.35. The van der Waals surface area contributed by atoms with Crippen LogP contribution in [0.4, 0.5) is 5.69 Å². The number of anilines is 1. The zero-order valence-corrected chi connectivity index (χ0v) is 10.8. The van der Waals surface area contributed by atoms with Gasteiger partial charge in [0.25, 0.3) is 0 Å². The molecule has 0 aliphatic carbocycles. The van der Waals surface area contributed by atoms with E-state index in [-0.39, 0.29) is 0 Å². The Kier molecular flexibility index (Phi) is 2.07. The number of nitrogens with one attached hydrogen (secondary N) is 1. The molecule has 0 spiro atoms. The number of aromatic nitrogens is 1. The van der Waals surface area contributed by atoms with Crippen LogP contribution < -0.4 is 5.32 Å². The van der Waals surface area contributed by atoms with Crippen molar-refractivity contribution >= 4 is 52.9 Å². The lowest BCUT2D eigenvalue weighted by atomic mass is 10.1. The molecule has 1 N–H and O–H groups in total. The van der Waals surface area contributed by atoms with Crippen LogP contribution in [0.3, 0.4) is 0 Å². The zero-order valence-electron chi connectivity index (χ0n) is 7.59. The van der Waals surface area contributed by atoms with Crippen LogP contribution in [0.5, 0.6) is 0 Å². The second-order valence-electron chi connectivity index (χ2n) is 3.31. The van der Waals surface area contributed by atoms with Gasteiger partial charge in [0, 0.05) is 22.8 Å². The molecule has 4 heteroatoms. The summed E-state index contributed by atoms with van der Waals surface area (Å²) >= 11 is 7.05. The normalized spacial score (nSPS) is 14.3. The molecule has 1 aliphatic heterocycles. The highest BCUT2D eigenvalue weighted by Gasteiger charge is 2.17. The van der Waals surface area contributed by atoms with Crippen LogP contribution in [0.25, 0.3) is 15.4 Å². The third kappa shape index (κ3) is 1.32. The van der Waals surface area contributed by atoms with Crippen molar-refractivity contribution in [2.45, 2.75) is 0 Å². The summed E-state index contributed by atoms with van der Waals surface area (Å²) in [6.07, 6.45) is 1.83. The molecule has 3 rings (SSSR count). The zero-order chi connectivity index (χ0) is 10.4. The molecule has 74 valence electrons. The van der Waals surface area contributed by atoms with E-state index in [2.05, 4.69) is 42.2 Å². The quantitative estimate of drug-likeness (QED) is 0.738. The Bertz CT molecular complexity index is 585. The number of benzene rings is 1. The average molecular weight is 326 g/mol. The van der Waals surface area contributed by atoms with Crippen molar-refractivity contribution in [3.63, 3.8) is 0 Å². The van der Waals surface area contributed by atoms with Crippen molar-refractivity contribution in [2.75, 3.05) is 5.32 Å². The molecule has 1 aromatic carbocycles. The van der Waals surface area contributed by atoms with E-state index >= 15 is 0 Å². The Hall–Kier alpha value is -0.870. The molecule has 0 amide bonds. The molecule has 0 unspecified atom stereocenters. The molecule has 15 heavy (non-hydrogen) atoms. The van der Waals surface area contributed by atoms with Crippen molar-refractivity contribution in [3.8, 4) is 0 Å². The minimum Gasteiger partial charge on any atom is -0.348 e. The van der Waals surface area contributed by atoms with Gasteiger partial charge < -0.3 is 5.32 Å². The van der Waals surface area contributed by atoms with Crippen LogP contribution in [-0.2, 0) is 0 Å².